The lowest BCUT2D eigenvalue weighted by molar-refractivity contribution is 0.168. The number of aliphatic hydroxyl groups excluding tert-OH is 1. The van der Waals surface area contributed by atoms with Crippen LogP contribution in [0.1, 0.15) is 24.5 Å². The number of rotatable bonds is 3. The maximum Gasteiger partial charge on any atom is 0.109 e. The molecule has 0 saturated heterocycles. The van der Waals surface area contributed by atoms with Crippen LogP contribution in [0.4, 0.5) is 0 Å². The van der Waals surface area contributed by atoms with E-state index in [1.165, 1.54) is 0 Å². The summed E-state index contributed by atoms with van der Waals surface area (Å²) in [5, 5.41) is 13.7. The van der Waals surface area contributed by atoms with Gasteiger partial charge in [0.15, 0.2) is 0 Å². The monoisotopic (exact) mass is 242 g/mol. The molecule has 0 bridgehead atoms. The van der Waals surface area contributed by atoms with Crippen molar-refractivity contribution in [1.82, 2.24) is 9.78 Å². The van der Waals surface area contributed by atoms with Gasteiger partial charge in [-0.1, -0.05) is 0 Å². The van der Waals surface area contributed by atoms with Crippen LogP contribution in [0, 0.1) is 12.3 Å². The predicted molar refractivity (Wildman–Crippen MR) is 53.9 cm³/mol. The van der Waals surface area contributed by atoms with E-state index in [0.717, 1.165) is 10.2 Å². The summed E-state index contributed by atoms with van der Waals surface area (Å²) in [6, 6.07) is 0. The first-order chi connectivity index (χ1) is 6.16. The lowest BCUT2D eigenvalue weighted by atomic mass is 10.1. The first-order valence-electron chi connectivity index (χ1n) is 3.95. The molecule has 3 nitrogen and oxygen atoms in total. The van der Waals surface area contributed by atoms with Crippen LogP contribution >= 0.6 is 15.9 Å². The molecule has 0 aliphatic heterocycles. The lowest BCUT2D eigenvalue weighted by Gasteiger charge is -2.06. The number of aryl methyl sites for hydroxylation is 1. The molecule has 0 spiro atoms. The summed E-state index contributed by atoms with van der Waals surface area (Å²) in [5.74, 6) is 2.49. The highest BCUT2D eigenvalue weighted by Crippen LogP contribution is 2.25. The van der Waals surface area contributed by atoms with Crippen LogP contribution in [0.25, 0.3) is 0 Å². The van der Waals surface area contributed by atoms with Gasteiger partial charge >= 0.3 is 0 Å². The SMILES string of the molecule is C#CCCC(O)c1cnn(C)c1Br. The second-order valence-electron chi connectivity index (χ2n) is 2.77. The van der Waals surface area contributed by atoms with E-state index < -0.39 is 6.10 Å². The molecular weight excluding hydrogens is 232 g/mol. The van der Waals surface area contributed by atoms with E-state index in [1.54, 1.807) is 10.9 Å². The Balaban J connectivity index is 2.72. The number of nitrogens with zero attached hydrogens (tertiary/aromatic N) is 2. The van der Waals surface area contributed by atoms with E-state index in [9.17, 15) is 5.11 Å². The van der Waals surface area contributed by atoms with Crippen LogP contribution in [0.5, 0.6) is 0 Å². The molecule has 0 aliphatic rings. The number of terminal acetylenes is 1. The zero-order valence-corrected chi connectivity index (χ0v) is 8.95. The van der Waals surface area contributed by atoms with Gasteiger partial charge in [-0.15, -0.1) is 12.3 Å². The molecule has 4 heteroatoms. The molecule has 1 aromatic rings. The van der Waals surface area contributed by atoms with Gasteiger partial charge in [0.25, 0.3) is 0 Å². The average Bonchev–Trinajstić information content (AvgIpc) is 2.44. The minimum Gasteiger partial charge on any atom is -0.388 e. The largest absolute Gasteiger partial charge is 0.388 e. The van der Waals surface area contributed by atoms with Gasteiger partial charge in [0, 0.05) is 19.0 Å². The molecule has 1 N–H and O–H groups in total. The van der Waals surface area contributed by atoms with E-state index in [-0.39, 0.29) is 0 Å². The molecule has 0 fully saturated rings. The van der Waals surface area contributed by atoms with E-state index in [2.05, 4.69) is 26.9 Å². The molecule has 70 valence electrons. The van der Waals surface area contributed by atoms with Gasteiger partial charge in [-0.25, -0.2) is 0 Å². The highest BCUT2D eigenvalue weighted by atomic mass is 79.9. The minimum absolute atomic E-state index is 0.529. The maximum absolute atomic E-state index is 9.67. The Morgan fingerprint density at radius 2 is 2.54 bits per heavy atom. The van der Waals surface area contributed by atoms with Crippen molar-refractivity contribution in [2.24, 2.45) is 7.05 Å². The van der Waals surface area contributed by atoms with Gasteiger partial charge in [-0.05, 0) is 22.4 Å². The van der Waals surface area contributed by atoms with Crippen molar-refractivity contribution in [2.45, 2.75) is 18.9 Å². The highest BCUT2D eigenvalue weighted by Gasteiger charge is 2.13. The summed E-state index contributed by atoms with van der Waals surface area (Å²) >= 11 is 3.33. The van der Waals surface area contributed by atoms with Gasteiger partial charge < -0.3 is 5.11 Å². The Bertz CT molecular complexity index is 327. The summed E-state index contributed by atoms with van der Waals surface area (Å²) < 4.78 is 2.46. The van der Waals surface area contributed by atoms with Gasteiger partial charge in [0.2, 0.25) is 0 Å². The van der Waals surface area contributed by atoms with Gasteiger partial charge in [-0.3, -0.25) is 4.68 Å². The fourth-order valence-corrected chi connectivity index (χ4v) is 1.50. The fraction of sp³-hybridized carbons (Fsp3) is 0.444. The summed E-state index contributed by atoms with van der Waals surface area (Å²) in [4.78, 5) is 0. The fourth-order valence-electron chi connectivity index (χ4n) is 1.04. The van der Waals surface area contributed by atoms with Crippen molar-refractivity contribution < 1.29 is 5.11 Å². The Kier molecular flexibility index (Phi) is 3.52. The molecule has 1 aromatic heterocycles. The summed E-state index contributed by atoms with van der Waals surface area (Å²) in [6.07, 6.45) is 7.36. The zero-order valence-electron chi connectivity index (χ0n) is 7.37. The number of aliphatic hydroxyl groups is 1. The molecule has 1 heterocycles. The molecule has 0 saturated carbocycles. The second-order valence-corrected chi connectivity index (χ2v) is 3.52. The number of hydrogen-bond donors (Lipinski definition) is 1. The van der Waals surface area contributed by atoms with Crippen LogP contribution in [0.15, 0.2) is 10.8 Å². The van der Waals surface area contributed by atoms with Crippen LogP contribution in [-0.4, -0.2) is 14.9 Å². The Morgan fingerprint density at radius 3 is 3.00 bits per heavy atom. The van der Waals surface area contributed by atoms with Gasteiger partial charge in [0.05, 0.1) is 12.3 Å². The van der Waals surface area contributed by atoms with Crippen LogP contribution < -0.4 is 0 Å². The molecule has 0 amide bonds. The molecule has 0 aliphatic carbocycles. The third kappa shape index (κ3) is 2.33. The van der Waals surface area contributed by atoms with Crippen molar-refractivity contribution in [1.29, 1.82) is 0 Å². The van der Waals surface area contributed by atoms with E-state index in [0.29, 0.717) is 12.8 Å². The van der Waals surface area contributed by atoms with Crippen LogP contribution in [0.3, 0.4) is 0 Å². The number of aromatic nitrogens is 2. The molecule has 1 unspecified atom stereocenters. The summed E-state index contributed by atoms with van der Waals surface area (Å²) in [5.41, 5.74) is 0.790. The first kappa shape index (κ1) is 10.3. The third-order valence-electron chi connectivity index (χ3n) is 1.81. The van der Waals surface area contributed by atoms with Crippen molar-refractivity contribution >= 4 is 15.9 Å². The molecule has 0 aromatic carbocycles. The molecular formula is C9H11BrN2O. The molecule has 1 atom stereocenters. The van der Waals surface area contributed by atoms with E-state index in [1.807, 2.05) is 7.05 Å². The molecule has 13 heavy (non-hydrogen) atoms. The standard InChI is InChI=1S/C9H11BrN2O/c1-3-4-5-8(13)7-6-11-12(2)9(7)10/h1,6,8,13H,4-5H2,2H3. The molecule has 1 rings (SSSR count). The summed E-state index contributed by atoms with van der Waals surface area (Å²) in [7, 11) is 1.81. The second kappa shape index (κ2) is 4.45. The Labute approximate surface area is 85.9 Å². The van der Waals surface area contributed by atoms with Crippen molar-refractivity contribution in [2.75, 3.05) is 0 Å². The topological polar surface area (TPSA) is 38.1 Å². The quantitative estimate of drug-likeness (QED) is 0.819. The Hall–Kier alpha value is -0.790. The van der Waals surface area contributed by atoms with Crippen LogP contribution in [0.2, 0.25) is 0 Å². The summed E-state index contributed by atoms with van der Waals surface area (Å²) in [6.45, 7) is 0. The number of halogens is 1. The van der Waals surface area contributed by atoms with Crippen molar-refractivity contribution in [3.63, 3.8) is 0 Å². The average molecular weight is 243 g/mol. The normalized spacial score (nSPS) is 12.5. The lowest BCUT2D eigenvalue weighted by Crippen LogP contribution is -1.97. The van der Waals surface area contributed by atoms with Gasteiger partial charge in [-0.2, -0.15) is 5.10 Å². The van der Waals surface area contributed by atoms with Gasteiger partial charge in [0.1, 0.15) is 4.60 Å². The van der Waals surface area contributed by atoms with Crippen LogP contribution in [-0.2, 0) is 7.05 Å². The maximum atomic E-state index is 9.67. The smallest absolute Gasteiger partial charge is 0.109 e. The first-order valence-corrected chi connectivity index (χ1v) is 4.75. The van der Waals surface area contributed by atoms with Crippen molar-refractivity contribution in [3.05, 3.63) is 16.4 Å². The number of hydrogen-bond acceptors (Lipinski definition) is 2. The van der Waals surface area contributed by atoms with E-state index >= 15 is 0 Å². The molecule has 0 radical (unpaired) electrons. The van der Waals surface area contributed by atoms with Crippen molar-refractivity contribution in [3.8, 4) is 12.3 Å². The minimum atomic E-state index is -0.529. The van der Waals surface area contributed by atoms with E-state index in [4.69, 9.17) is 6.42 Å². The Morgan fingerprint density at radius 1 is 1.85 bits per heavy atom. The third-order valence-corrected chi connectivity index (χ3v) is 2.78. The zero-order chi connectivity index (χ0) is 9.84. The highest BCUT2D eigenvalue weighted by molar-refractivity contribution is 9.10. The predicted octanol–water partition coefficient (Wildman–Crippen LogP) is 1.63.